The molecule has 0 atom stereocenters. The predicted molar refractivity (Wildman–Crippen MR) is 66.3 cm³/mol. The molecular formula is C12H8BrClO. The molecule has 0 amide bonds. The second-order valence-corrected chi connectivity index (χ2v) is 4.46. The van der Waals surface area contributed by atoms with Crippen LogP contribution in [0.1, 0.15) is 0 Å². The third kappa shape index (κ3) is 2.16. The Bertz CT molecular complexity index is 497. The van der Waals surface area contributed by atoms with Crippen LogP contribution in [0.5, 0.6) is 5.75 Å². The summed E-state index contributed by atoms with van der Waals surface area (Å²) in [5.74, 6) is 0.228. The molecular weight excluding hydrogens is 275 g/mol. The van der Waals surface area contributed by atoms with Gasteiger partial charge in [-0.05, 0) is 24.3 Å². The SMILES string of the molecule is Oc1ccc(Br)cc1-c1ccccc1Cl. The Balaban J connectivity index is 2.64. The summed E-state index contributed by atoms with van der Waals surface area (Å²) in [6, 6.07) is 12.7. The molecule has 0 aromatic heterocycles. The van der Waals surface area contributed by atoms with E-state index in [0.717, 1.165) is 15.6 Å². The van der Waals surface area contributed by atoms with E-state index in [1.165, 1.54) is 0 Å². The summed E-state index contributed by atoms with van der Waals surface area (Å²) in [6.07, 6.45) is 0. The van der Waals surface area contributed by atoms with E-state index in [4.69, 9.17) is 11.6 Å². The molecule has 15 heavy (non-hydrogen) atoms. The summed E-state index contributed by atoms with van der Waals surface area (Å²) in [5, 5.41) is 10.4. The van der Waals surface area contributed by atoms with Gasteiger partial charge in [0.25, 0.3) is 0 Å². The summed E-state index contributed by atoms with van der Waals surface area (Å²) in [4.78, 5) is 0. The Hall–Kier alpha value is -0.990. The molecule has 1 N–H and O–H groups in total. The first-order chi connectivity index (χ1) is 7.18. The highest BCUT2D eigenvalue weighted by Gasteiger charge is 2.07. The van der Waals surface area contributed by atoms with Crippen molar-refractivity contribution in [3.63, 3.8) is 0 Å². The van der Waals surface area contributed by atoms with Crippen molar-refractivity contribution in [2.45, 2.75) is 0 Å². The number of halogens is 2. The third-order valence-electron chi connectivity index (χ3n) is 2.12. The minimum Gasteiger partial charge on any atom is -0.507 e. The van der Waals surface area contributed by atoms with Gasteiger partial charge in [-0.3, -0.25) is 0 Å². The molecule has 2 aromatic rings. The van der Waals surface area contributed by atoms with Crippen LogP contribution in [-0.2, 0) is 0 Å². The lowest BCUT2D eigenvalue weighted by Crippen LogP contribution is -1.80. The summed E-state index contributed by atoms with van der Waals surface area (Å²) in [6.45, 7) is 0. The minimum atomic E-state index is 0.228. The second-order valence-electron chi connectivity index (χ2n) is 3.14. The molecule has 3 heteroatoms. The summed E-state index contributed by atoms with van der Waals surface area (Å²) >= 11 is 9.42. The molecule has 0 fully saturated rings. The number of phenolic OH excluding ortho intramolecular Hbond substituents is 1. The fraction of sp³-hybridized carbons (Fsp3) is 0. The monoisotopic (exact) mass is 282 g/mol. The van der Waals surface area contributed by atoms with E-state index in [1.54, 1.807) is 18.2 Å². The molecule has 0 bridgehead atoms. The van der Waals surface area contributed by atoms with Gasteiger partial charge in [0.1, 0.15) is 5.75 Å². The van der Waals surface area contributed by atoms with Crippen LogP contribution in [0.25, 0.3) is 11.1 Å². The molecule has 0 aliphatic carbocycles. The Morgan fingerprint density at radius 2 is 1.73 bits per heavy atom. The number of benzene rings is 2. The third-order valence-corrected chi connectivity index (χ3v) is 2.95. The van der Waals surface area contributed by atoms with Gasteiger partial charge < -0.3 is 5.11 Å². The van der Waals surface area contributed by atoms with Crippen molar-refractivity contribution in [2.24, 2.45) is 0 Å². The van der Waals surface area contributed by atoms with Crippen molar-refractivity contribution in [2.75, 3.05) is 0 Å². The standard InChI is InChI=1S/C12H8BrClO/c13-8-5-6-12(15)10(7-8)9-3-1-2-4-11(9)14/h1-7,15H. The molecule has 1 nitrogen and oxygen atoms in total. The van der Waals surface area contributed by atoms with Crippen LogP contribution in [0, 0.1) is 0 Å². The molecule has 2 rings (SSSR count). The summed E-state index contributed by atoms with van der Waals surface area (Å²) in [7, 11) is 0. The van der Waals surface area contributed by atoms with Crippen LogP contribution in [-0.4, -0.2) is 5.11 Å². The number of hydrogen-bond acceptors (Lipinski definition) is 1. The van der Waals surface area contributed by atoms with E-state index in [0.29, 0.717) is 5.02 Å². The first kappa shape index (κ1) is 10.5. The van der Waals surface area contributed by atoms with Gasteiger partial charge >= 0.3 is 0 Å². The zero-order chi connectivity index (χ0) is 10.8. The highest BCUT2D eigenvalue weighted by molar-refractivity contribution is 9.10. The lowest BCUT2D eigenvalue weighted by atomic mass is 10.1. The smallest absolute Gasteiger partial charge is 0.123 e. The normalized spacial score (nSPS) is 10.3. The Labute approximate surface area is 101 Å². The van der Waals surface area contributed by atoms with Crippen molar-refractivity contribution in [1.29, 1.82) is 0 Å². The number of phenols is 1. The molecule has 0 aliphatic rings. The zero-order valence-electron chi connectivity index (χ0n) is 7.74. The fourth-order valence-electron chi connectivity index (χ4n) is 1.40. The maximum absolute atomic E-state index is 9.73. The fourth-order valence-corrected chi connectivity index (χ4v) is 2.00. The van der Waals surface area contributed by atoms with Crippen LogP contribution in [0.4, 0.5) is 0 Å². The molecule has 0 saturated heterocycles. The van der Waals surface area contributed by atoms with Gasteiger partial charge in [-0.15, -0.1) is 0 Å². The summed E-state index contributed by atoms with van der Waals surface area (Å²) in [5.41, 5.74) is 1.56. The number of rotatable bonds is 1. The van der Waals surface area contributed by atoms with E-state index in [9.17, 15) is 5.11 Å². The van der Waals surface area contributed by atoms with Gasteiger partial charge in [0.05, 0.1) is 0 Å². The number of hydrogen-bond donors (Lipinski definition) is 1. The summed E-state index contributed by atoms with van der Waals surface area (Å²) < 4.78 is 0.912. The van der Waals surface area contributed by atoms with E-state index in [2.05, 4.69) is 15.9 Å². The molecule has 0 aliphatic heterocycles. The Morgan fingerprint density at radius 3 is 2.47 bits per heavy atom. The van der Waals surface area contributed by atoms with Gasteiger partial charge in [0, 0.05) is 20.6 Å². The van der Waals surface area contributed by atoms with Crippen molar-refractivity contribution in [3.8, 4) is 16.9 Å². The topological polar surface area (TPSA) is 20.2 Å². The van der Waals surface area contributed by atoms with Crippen LogP contribution in [0.15, 0.2) is 46.9 Å². The van der Waals surface area contributed by atoms with Gasteiger partial charge in [0.2, 0.25) is 0 Å². The van der Waals surface area contributed by atoms with E-state index < -0.39 is 0 Å². The van der Waals surface area contributed by atoms with Crippen LogP contribution >= 0.6 is 27.5 Å². The minimum absolute atomic E-state index is 0.228. The van der Waals surface area contributed by atoms with Crippen molar-refractivity contribution in [3.05, 3.63) is 52.0 Å². The van der Waals surface area contributed by atoms with Crippen molar-refractivity contribution in [1.82, 2.24) is 0 Å². The van der Waals surface area contributed by atoms with Gasteiger partial charge in [-0.2, -0.15) is 0 Å². The molecule has 2 aromatic carbocycles. The van der Waals surface area contributed by atoms with E-state index in [-0.39, 0.29) is 5.75 Å². The van der Waals surface area contributed by atoms with Crippen molar-refractivity contribution < 1.29 is 5.11 Å². The second kappa shape index (κ2) is 4.25. The molecule has 76 valence electrons. The average molecular weight is 284 g/mol. The first-order valence-corrected chi connectivity index (χ1v) is 5.59. The van der Waals surface area contributed by atoms with Crippen LogP contribution in [0.2, 0.25) is 5.02 Å². The Morgan fingerprint density at radius 1 is 1.00 bits per heavy atom. The molecule has 0 saturated carbocycles. The number of aromatic hydroxyl groups is 1. The molecule has 0 unspecified atom stereocenters. The van der Waals surface area contributed by atoms with Gasteiger partial charge in [-0.1, -0.05) is 45.7 Å². The Kier molecular flexibility index (Phi) is 2.98. The maximum atomic E-state index is 9.73. The quantitative estimate of drug-likeness (QED) is 0.818. The highest BCUT2D eigenvalue weighted by Crippen LogP contribution is 2.35. The highest BCUT2D eigenvalue weighted by atomic mass is 79.9. The largest absolute Gasteiger partial charge is 0.507 e. The maximum Gasteiger partial charge on any atom is 0.123 e. The molecule has 0 radical (unpaired) electrons. The van der Waals surface area contributed by atoms with Crippen molar-refractivity contribution >= 4 is 27.5 Å². The van der Waals surface area contributed by atoms with Gasteiger partial charge in [0.15, 0.2) is 0 Å². The van der Waals surface area contributed by atoms with Gasteiger partial charge in [-0.25, -0.2) is 0 Å². The molecule has 0 heterocycles. The predicted octanol–water partition coefficient (Wildman–Crippen LogP) is 4.48. The lowest BCUT2D eigenvalue weighted by molar-refractivity contribution is 0.477. The van der Waals surface area contributed by atoms with E-state index in [1.807, 2.05) is 24.3 Å². The van der Waals surface area contributed by atoms with Crippen LogP contribution in [0.3, 0.4) is 0 Å². The zero-order valence-corrected chi connectivity index (χ0v) is 10.1. The molecule has 0 spiro atoms. The average Bonchev–Trinajstić information content (AvgIpc) is 2.23. The van der Waals surface area contributed by atoms with Crippen LogP contribution < -0.4 is 0 Å². The lowest BCUT2D eigenvalue weighted by Gasteiger charge is -2.07. The van der Waals surface area contributed by atoms with E-state index >= 15 is 0 Å². The first-order valence-electron chi connectivity index (χ1n) is 4.42.